The molecule has 0 bridgehead atoms. The van der Waals surface area contributed by atoms with Crippen LogP contribution in [0.3, 0.4) is 0 Å². The van der Waals surface area contributed by atoms with Gasteiger partial charge in [0.1, 0.15) is 18.0 Å². The number of anilines is 1. The number of halogens is 1. The van der Waals surface area contributed by atoms with E-state index in [1.807, 2.05) is 24.3 Å². The van der Waals surface area contributed by atoms with E-state index in [0.29, 0.717) is 44.7 Å². The van der Waals surface area contributed by atoms with Crippen LogP contribution in [0.5, 0.6) is 5.75 Å². The van der Waals surface area contributed by atoms with Crippen molar-refractivity contribution in [1.29, 1.82) is 0 Å². The number of hydrogen-bond donors (Lipinski definition) is 1. The van der Waals surface area contributed by atoms with Crippen LogP contribution >= 0.6 is 0 Å². The second kappa shape index (κ2) is 9.91. The molecule has 2 aromatic rings. The molecule has 2 aromatic carbocycles. The van der Waals surface area contributed by atoms with Gasteiger partial charge in [-0.1, -0.05) is 30.3 Å². The van der Waals surface area contributed by atoms with Crippen LogP contribution in [-0.2, 0) is 16.0 Å². The Morgan fingerprint density at radius 1 is 1.03 bits per heavy atom. The molecule has 29 heavy (non-hydrogen) atoms. The lowest BCUT2D eigenvalue weighted by molar-refractivity contribution is -0.136. The molecule has 0 unspecified atom stereocenters. The summed E-state index contributed by atoms with van der Waals surface area (Å²) >= 11 is 0. The maximum atomic E-state index is 13.6. The quantitative estimate of drug-likeness (QED) is 0.726. The molecule has 1 saturated heterocycles. The van der Waals surface area contributed by atoms with E-state index in [2.05, 4.69) is 10.2 Å². The molecule has 1 N–H and O–H groups in total. The molecule has 0 atom stereocenters. The van der Waals surface area contributed by atoms with E-state index >= 15 is 0 Å². The Balaban J connectivity index is 1.42. The number of amides is 2. The number of nitrogens with zero attached hydrogens (tertiary/aromatic N) is 2. The van der Waals surface area contributed by atoms with Gasteiger partial charge in [-0.3, -0.25) is 9.59 Å². The fourth-order valence-electron chi connectivity index (χ4n) is 3.44. The van der Waals surface area contributed by atoms with Gasteiger partial charge in [0.2, 0.25) is 11.8 Å². The minimum absolute atomic E-state index is 0.187. The Bertz CT molecular complexity index is 851. The van der Waals surface area contributed by atoms with Crippen molar-refractivity contribution in [2.45, 2.75) is 12.8 Å². The number of benzene rings is 2. The maximum absolute atomic E-state index is 13.6. The zero-order chi connectivity index (χ0) is 20.6. The molecule has 7 heteroatoms. The summed E-state index contributed by atoms with van der Waals surface area (Å²) in [6.45, 7) is 2.77. The highest BCUT2D eigenvalue weighted by Crippen LogP contribution is 2.28. The van der Waals surface area contributed by atoms with Crippen molar-refractivity contribution in [1.82, 2.24) is 10.2 Å². The first kappa shape index (κ1) is 20.6. The lowest BCUT2D eigenvalue weighted by Gasteiger charge is -2.36. The molecule has 1 fully saturated rings. The third-order valence-corrected chi connectivity index (χ3v) is 5.04. The monoisotopic (exact) mass is 399 g/mol. The molecule has 0 saturated carbocycles. The van der Waals surface area contributed by atoms with Crippen LogP contribution in [0.2, 0.25) is 0 Å². The Morgan fingerprint density at radius 2 is 1.72 bits per heavy atom. The number of rotatable bonds is 7. The molecule has 0 aliphatic carbocycles. The third kappa shape index (κ3) is 5.47. The third-order valence-electron chi connectivity index (χ3n) is 5.04. The maximum Gasteiger partial charge on any atom is 0.232 e. The van der Waals surface area contributed by atoms with Gasteiger partial charge in [-0.15, -0.1) is 0 Å². The van der Waals surface area contributed by atoms with Crippen LogP contribution in [0.1, 0.15) is 12.0 Å². The van der Waals surface area contributed by atoms with E-state index in [1.165, 1.54) is 6.07 Å². The molecule has 1 heterocycles. The summed E-state index contributed by atoms with van der Waals surface area (Å²) in [7, 11) is 1.64. The molecular formula is C22H26FN3O3. The smallest absolute Gasteiger partial charge is 0.232 e. The molecule has 3 rings (SSSR count). The van der Waals surface area contributed by atoms with E-state index in [1.54, 1.807) is 30.2 Å². The van der Waals surface area contributed by atoms with Gasteiger partial charge in [0.15, 0.2) is 0 Å². The predicted octanol–water partition coefficient (Wildman–Crippen LogP) is 2.23. The van der Waals surface area contributed by atoms with Crippen LogP contribution in [0.25, 0.3) is 0 Å². The van der Waals surface area contributed by atoms with E-state index < -0.39 is 0 Å². The van der Waals surface area contributed by atoms with Crippen LogP contribution in [0, 0.1) is 5.82 Å². The number of hydrogen-bond acceptors (Lipinski definition) is 4. The van der Waals surface area contributed by atoms with E-state index in [-0.39, 0.29) is 24.1 Å². The zero-order valence-electron chi connectivity index (χ0n) is 16.6. The van der Waals surface area contributed by atoms with Crippen molar-refractivity contribution < 1.29 is 18.7 Å². The molecule has 0 radical (unpaired) electrons. The molecule has 1 aliphatic heterocycles. The average molecular weight is 399 g/mol. The molecule has 154 valence electrons. The summed E-state index contributed by atoms with van der Waals surface area (Å²) in [5, 5.41) is 2.70. The van der Waals surface area contributed by atoms with Crippen LogP contribution in [0.4, 0.5) is 10.1 Å². The number of nitrogens with one attached hydrogen (secondary N) is 1. The Labute approximate surface area is 170 Å². The first-order valence-corrected chi connectivity index (χ1v) is 9.74. The van der Waals surface area contributed by atoms with Crippen molar-refractivity contribution in [2.24, 2.45) is 0 Å². The minimum atomic E-state index is -0.335. The molecule has 6 nitrogen and oxygen atoms in total. The van der Waals surface area contributed by atoms with Gasteiger partial charge in [-0.25, -0.2) is 4.39 Å². The van der Waals surface area contributed by atoms with Crippen molar-refractivity contribution in [3.05, 3.63) is 59.9 Å². The topological polar surface area (TPSA) is 61.9 Å². The summed E-state index contributed by atoms with van der Waals surface area (Å²) in [6, 6.07) is 14.3. The SMILES string of the molecule is COc1ccccc1N1CCN(C(=O)CC(=O)NCCc2ccccc2F)CC1. The van der Waals surface area contributed by atoms with Crippen LogP contribution < -0.4 is 15.0 Å². The highest BCUT2D eigenvalue weighted by molar-refractivity contribution is 5.97. The van der Waals surface area contributed by atoms with Gasteiger partial charge in [-0.05, 0) is 30.2 Å². The van der Waals surface area contributed by atoms with Gasteiger partial charge in [-0.2, -0.15) is 0 Å². The van der Waals surface area contributed by atoms with Crippen LogP contribution in [0.15, 0.2) is 48.5 Å². The second-order valence-corrected chi connectivity index (χ2v) is 6.91. The molecule has 0 spiro atoms. The van der Waals surface area contributed by atoms with Gasteiger partial charge in [0.05, 0.1) is 12.8 Å². The number of ether oxygens (including phenoxy) is 1. The van der Waals surface area contributed by atoms with E-state index in [9.17, 15) is 14.0 Å². The van der Waals surface area contributed by atoms with Gasteiger partial charge < -0.3 is 19.9 Å². The zero-order valence-corrected chi connectivity index (χ0v) is 16.6. The Morgan fingerprint density at radius 3 is 2.45 bits per heavy atom. The summed E-state index contributed by atoms with van der Waals surface area (Å²) in [6.07, 6.45) is 0.204. The first-order valence-electron chi connectivity index (χ1n) is 9.74. The molecule has 0 aromatic heterocycles. The summed E-state index contributed by atoms with van der Waals surface area (Å²) < 4.78 is 19.0. The first-order chi connectivity index (χ1) is 14.1. The molecular weight excluding hydrogens is 373 g/mol. The summed E-state index contributed by atoms with van der Waals surface area (Å²) in [5.74, 6) is -0.00110. The number of methoxy groups -OCH3 is 1. The fraction of sp³-hybridized carbons (Fsp3) is 0.364. The summed E-state index contributed by atoms with van der Waals surface area (Å²) in [4.78, 5) is 28.4. The van der Waals surface area contributed by atoms with Gasteiger partial charge in [0, 0.05) is 32.7 Å². The second-order valence-electron chi connectivity index (χ2n) is 6.91. The van der Waals surface area contributed by atoms with Gasteiger partial charge >= 0.3 is 0 Å². The number of carbonyl (C=O) groups excluding carboxylic acids is 2. The predicted molar refractivity (Wildman–Crippen MR) is 110 cm³/mol. The van der Waals surface area contributed by atoms with Crippen molar-refractivity contribution >= 4 is 17.5 Å². The summed E-state index contributed by atoms with van der Waals surface area (Å²) in [5.41, 5.74) is 1.56. The molecule has 2 amide bonds. The molecule has 1 aliphatic rings. The highest BCUT2D eigenvalue weighted by atomic mass is 19.1. The Kier molecular flexibility index (Phi) is 7.05. The van der Waals surface area contributed by atoms with E-state index in [0.717, 1.165) is 11.4 Å². The largest absolute Gasteiger partial charge is 0.495 e. The minimum Gasteiger partial charge on any atom is -0.495 e. The lowest BCUT2D eigenvalue weighted by Crippen LogP contribution is -2.49. The van der Waals surface area contributed by atoms with Crippen molar-refractivity contribution in [3.63, 3.8) is 0 Å². The lowest BCUT2D eigenvalue weighted by atomic mass is 10.1. The number of para-hydroxylation sites is 2. The highest BCUT2D eigenvalue weighted by Gasteiger charge is 2.24. The van der Waals surface area contributed by atoms with Crippen molar-refractivity contribution in [3.8, 4) is 5.75 Å². The van der Waals surface area contributed by atoms with Crippen LogP contribution in [-0.4, -0.2) is 56.5 Å². The Hall–Kier alpha value is -3.09. The normalized spacial score (nSPS) is 13.9. The van der Waals surface area contributed by atoms with E-state index in [4.69, 9.17) is 4.74 Å². The fourth-order valence-corrected chi connectivity index (χ4v) is 3.44. The average Bonchev–Trinajstić information content (AvgIpc) is 2.75. The number of carbonyl (C=O) groups is 2. The van der Waals surface area contributed by atoms with Gasteiger partial charge in [0.25, 0.3) is 0 Å². The standard InChI is InChI=1S/C22H26FN3O3/c1-29-20-9-5-4-8-19(20)25-12-14-26(15-13-25)22(28)16-21(27)24-11-10-17-6-2-3-7-18(17)23/h2-9H,10-16H2,1H3,(H,24,27). The number of piperazine rings is 1. The van der Waals surface area contributed by atoms with Crippen molar-refractivity contribution in [2.75, 3.05) is 44.7 Å².